The molecule has 0 saturated heterocycles. The number of hydrogen-bond acceptors (Lipinski definition) is 4. The zero-order chi connectivity index (χ0) is 14.1. The maximum absolute atomic E-state index is 12.9. The van der Waals surface area contributed by atoms with Crippen molar-refractivity contribution in [3.05, 3.63) is 40.7 Å². The molecule has 1 aliphatic carbocycles. The number of aromatic nitrogens is 2. The van der Waals surface area contributed by atoms with Gasteiger partial charge in [0, 0.05) is 5.92 Å². The van der Waals surface area contributed by atoms with Crippen molar-refractivity contribution in [3.63, 3.8) is 0 Å². The van der Waals surface area contributed by atoms with E-state index in [9.17, 15) is 9.18 Å². The fourth-order valence-electron chi connectivity index (χ4n) is 2.21. The van der Waals surface area contributed by atoms with Crippen LogP contribution in [-0.2, 0) is 11.2 Å². The number of aryl methyl sites for hydroxylation is 1. The number of hydrogen-bond donors (Lipinski definition) is 1. The lowest BCUT2D eigenvalue weighted by atomic mass is 10.1. The second-order valence-electron chi connectivity index (χ2n) is 4.84. The van der Waals surface area contributed by atoms with Crippen molar-refractivity contribution in [1.29, 1.82) is 0 Å². The fourth-order valence-corrected chi connectivity index (χ4v) is 2.89. The molecule has 2 aromatic rings. The lowest BCUT2D eigenvalue weighted by Gasteiger charge is -2.01. The van der Waals surface area contributed by atoms with E-state index in [0.717, 1.165) is 23.4 Å². The molecule has 0 unspecified atom stereocenters. The van der Waals surface area contributed by atoms with E-state index in [4.69, 9.17) is 0 Å². The highest BCUT2D eigenvalue weighted by atomic mass is 32.1. The molecule has 0 bridgehead atoms. The van der Waals surface area contributed by atoms with Gasteiger partial charge in [-0.25, -0.2) is 4.39 Å². The molecule has 0 spiro atoms. The van der Waals surface area contributed by atoms with Gasteiger partial charge in [0.25, 0.3) is 0 Å². The average molecular weight is 291 g/mol. The molecule has 1 fully saturated rings. The van der Waals surface area contributed by atoms with E-state index in [1.54, 1.807) is 12.1 Å². The molecule has 1 aromatic carbocycles. The Morgan fingerprint density at radius 2 is 2.15 bits per heavy atom. The molecule has 3 rings (SSSR count). The van der Waals surface area contributed by atoms with Crippen molar-refractivity contribution in [3.8, 4) is 0 Å². The van der Waals surface area contributed by atoms with Gasteiger partial charge in [0.2, 0.25) is 11.0 Å². The Morgan fingerprint density at radius 1 is 1.40 bits per heavy atom. The van der Waals surface area contributed by atoms with Crippen molar-refractivity contribution >= 4 is 22.4 Å². The summed E-state index contributed by atoms with van der Waals surface area (Å²) in [6.07, 6.45) is 1.62. The standard InChI is InChI=1S/C14H14FN3OS/c1-2-12-17-18-14(20-12)16-13(19)11-7-10(11)8-3-5-9(15)6-4-8/h3-6,10-11H,2,7H2,1H3,(H,16,18,19)/t10-,11+/m0/s1. The maximum atomic E-state index is 12.9. The zero-order valence-electron chi connectivity index (χ0n) is 11.0. The van der Waals surface area contributed by atoms with Crippen molar-refractivity contribution in [2.75, 3.05) is 5.32 Å². The highest BCUT2D eigenvalue weighted by Gasteiger charge is 2.44. The molecule has 1 N–H and O–H groups in total. The number of amides is 1. The van der Waals surface area contributed by atoms with Crippen LogP contribution in [0, 0.1) is 11.7 Å². The van der Waals surface area contributed by atoms with E-state index in [1.165, 1.54) is 23.5 Å². The van der Waals surface area contributed by atoms with Crippen LogP contribution in [-0.4, -0.2) is 16.1 Å². The quantitative estimate of drug-likeness (QED) is 0.942. The van der Waals surface area contributed by atoms with E-state index in [-0.39, 0.29) is 23.6 Å². The summed E-state index contributed by atoms with van der Waals surface area (Å²) in [7, 11) is 0. The number of rotatable bonds is 4. The largest absolute Gasteiger partial charge is 0.300 e. The molecule has 2 atom stereocenters. The Balaban J connectivity index is 1.61. The summed E-state index contributed by atoms with van der Waals surface area (Å²) < 4.78 is 12.9. The third-order valence-electron chi connectivity index (χ3n) is 3.42. The predicted molar refractivity (Wildman–Crippen MR) is 75.2 cm³/mol. The van der Waals surface area contributed by atoms with E-state index in [2.05, 4.69) is 15.5 Å². The summed E-state index contributed by atoms with van der Waals surface area (Å²) in [6.45, 7) is 2.00. The van der Waals surface area contributed by atoms with Gasteiger partial charge in [-0.15, -0.1) is 10.2 Å². The highest BCUT2D eigenvalue weighted by Crippen LogP contribution is 2.48. The van der Waals surface area contributed by atoms with Gasteiger partial charge in [0.05, 0.1) is 0 Å². The first-order valence-corrected chi connectivity index (χ1v) is 7.37. The van der Waals surface area contributed by atoms with Crippen LogP contribution >= 0.6 is 11.3 Å². The lowest BCUT2D eigenvalue weighted by Crippen LogP contribution is -2.14. The monoisotopic (exact) mass is 291 g/mol. The molecule has 104 valence electrons. The van der Waals surface area contributed by atoms with Crippen LogP contribution in [0.4, 0.5) is 9.52 Å². The minimum absolute atomic E-state index is 0.0295. The summed E-state index contributed by atoms with van der Waals surface area (Å²) in [5.41, 5.74) is 1.01. The molecular formula is C14H14FN3OS. The number of carbonyl (C=O) groups is 1. The molecule has 0 radical (unpaired) electrons. The van der Waals surface area contributed by atoms with Crippen LogP contribution in [0.3, 0.4) is 0 Å². The van der Waals surface area contributed by atoms with Crippen LogP contribution in [0.15, 0.2) is 24.3 Å². The smallest absolute Gasteiger partial charge is 0.229 e. The molecule has 1 amide bonds. The van der Waals surface area contributed by atoms with Crippen LogP contribution in [0.5, 0.6) is 0 Å². The number of anilines is 1. The van der Waals surface area contributed by atoms with E-state index < -0.39 is 0 Å². The van der Waals surface area contributed by atoms with Gasteiger partial charge in [-0.05, 0) is 36.5 Å². The van der Waals surface area contributed by atoms with E-state index in [1.807, 2.05) is 6.92 Å². The maximum Gasteiger partial charge on any atom is 0.229 e. The number of halogens is 1. The van der Waals surface area contributed by atoms with Gasteiger partial charge >= 0.3 is 0 Å². The molecule has 1 aliphatic rings. The number of nitrogens with zero attached hydrogens (tertiary/aromatic N) is 2. The molecule has 1 heterocycles. The van der Waals surface area contributed by atoms with Crippen LogP contribution in [0.1, 0.15) is 29.8 Å². The first-order valence-electron chi connectivity index (χ1n) is 6.56. The van der Waals surface area contributed by atoms with Gasteiger partial charge < -0.3 is 5.32 Å². The minimum Gasteiger partial charge on any atom is -0.300 e. The average Bonchev–Trinajstić information content (AvgIpc) is 3.13. The Hall–Kier alpha value is -1.82. The molecule has 4 nitrogen and oxygen atoms in total. The molecule has 1 saturated carbocycles. The second-order valence-corrected chi connectivity index (χ2v) is 5.91. The molecular weight excluding hydrogens is 277 g/mol. The summed E-state index contributed by atoms with van der Waals surface area (Å²) in [5, 5.41) is 12.2. The van der Waals surface area contributed by atoms with Crippen molar-refractivity contribution in [2.24, 2.45) is 5.92 Å². The third-order valence-corrected chi connectivity index (χ3v) is 4.41. The van der Waals surface area contributed by atoms with E-state index in [0.29, 0.717) is 5.13 Å². The Morgan fingerprint density at radius 3 is 2.80 bits per heavy atom. The Kier molecular flexibility index (Phi) is 3.48. The zero-order valence-corrected chi connectivity index (χ0v) is 11.8. The SMILES string of the molecule is CCc1nnc(NC(=O)[C@@H]2C[C@H]2c2ccc(F)cc2)s1. The van der Waals surface area contributed by atoms with Gasteiger partial charge in [-0.3, -0.25) is 4.79 Å². The van der Waals surface area contributed by atoms with Gasteiger partial charge in [0.15, 0.2) is 0 Å². The topological polar surface area (TPSA) is 54.9 Å². The number of nitrogens with one attached hydrogen (secondary N) is 1. The van der Waals surface area contributed by atoms with Gasteiger partial charge in [0.1, 0.15) is 10.8 Å². The molecule has 1 aromatic heterocycles. The van der Waals surface area contributed by atoms with Crippen LogP contribution < -0.4 is 5.32 Å². The fraction of sp³-hybridized carbons (Fsp3) is 0.357. The van der Waals surface area contributed by atoms with Gasteiger partial charge in [-0.2, -0.15) is 0 Å². The predicted octanol–water partition coefficient (Wildman–Crippen LogP) is 2.98. The lowest BCUT2D eigenvalue weighted by molar-refractivity contribution is -0.117. The summed E-state index contributed by atoms with van der Waals surface area (Å²) >= 11 is 1.40. The molecule has 0 aliphatic heterocycles. The Bertz CT molecular complexity index is 626. The van der Waals surface area contributed by atoms with Crippen molar-refractivity contribution in [1.82, 2.24) is 10.2 Å². The normalized spacial score (nSPS) is 20.7. The van der Waals surface area contributed by atoms with Crippen LogP contribution in [0.2, 0.25) is 0 Å². The number of benzene rings is 1. The first kappa shape index (κ1) is 13.2. The van der Waals surface area contributed by atoms with Crippen molar-refractivity contribution < 1.29 is 9.18 Å². The summed E-state index contributed by atoms with van der Waals surface area (Å²) in [5.74, 6) is -0.141. The second kappa shape index (κ2) is 5.28. The van der Waals surface area contributed by atoms with Crippen molar-refractivity contribution in [2.45, 2.75) is 25.7 Å². The Labute approximate surface area is 120 Å². The molecule has 6 heteroatoms. The van der Waals surface area contributed by atoms with Crippen LogP contribution in [0.25, 0.3) is 0 Å². The number of carbonyl (C=O) groups excluding carboxylic acids is 1. The highest BCUT2D eigenvalue weighted by molar-refractivity contribution is 7.15. The van der Waals surface area contributed by atoms with Gasteiger partial charge in [-0.1, -0.05) is 30.4 Å². The summed E-state index contributed by atoms with van der Waals surface area (Å²) in [4.78, 5) is 12.1. The van der Waals surface area contributed by atoms with E-state index >= 15 is 0 Å². The summed E-state index contributed by atoms with van der Waals surface area (Å²) in [6, 6.07) is 6.35. The first-order chi connectivity index (χ1) is 9.67. The minimum atomic E-state index is -0.253. The molecule has 20 heavy (non-hydrogen) atoms. The third kappa shape index (κ3) is 2.70.